The van der Waals surface area contributed by atoms with Gasteiger partial charge in [-0.1, -0.05) is 18.2 Å². The van der Waals surface area contributed by atoms with Gasteiger partial charge in [0.25, 0.3) is 0 Å². The molecule has 0 saturated heterocycles. The maximum absolute atomic E-state index is 13.6. The van der Waals surface area contributed by atoms with Crippen molar-refractivity contribution in [3.8, 4) is 0 Å². The summed E-state index contributed by atoms with van der Waals surface area (Å²) in [7, 11) is 0. The monoisotopic (exact) mass is 276 g/mol. The zero-order chi connectivity index (χ0) is 14.7. The van der Waals surface area contributed by atoms with Crippen LogP contribution in [0.4, 0.5) is 10.1 Å². The number of hydrogen-bond acceptors (Lipinski definition) is 3. The first kappa shape index (κ1) is 14.2. The fourth-order valence-electron chi connectivity index (χ4n) is 2.32. The number of nitrogens with one attached hydrogen (secondary N) is 1. The van der Waals surface area contributed by atoms with Crippen molar-refractivity contribution in [1.82, 2.24) is 0 Å². The summed E-state index contributed by atoms with van der Waals surface area (Å²) in [5, 5.41) is 13.5. The number of anilines is 1. The fraction of sp³-hybridized carbons (Fsp3) is 0.333. The van der Waals surface area contributed by atoms with Crippen LogP contribution in [0.1, 0.15) is 18.4 Å². The van der Waals surface area contributed by atoms with E-state index in [0.29, 0.717) is 6.42 Å². The highest BCUT2D eigenvalue weighted by Gasteiger charge is 2.30. The lowest BCUT2D eigenvalue weighted by molar-refractivity contribution is -0.313. The largest absolute Gasteiger partial charge is 0.550 e. The van der Waals surface area contributed by atoms with E-state index in [4.69, 9.17) is 0 Å². The molecule has 1 N–H and O–H groups in total. The Hall–Kier alpha value is -2.17. The summed E-state index contributed by atoms with van der Waals surface area (Å²) in [4.78, 5) is 23.2. The third-order valence-corrected chi connectivity index (χ3v) is 3.45. The zero-order valence-electron chi connectivity index (χ0n) is 11.1. The maximum Gasteiger partial charge on any atom is 0.228 e. The van der Waals surface area contributed by atoms with E-state index in [1.165, 1.54) is 12.1 Å². The van der Waals surface area contributed by atoms with Crippen LogP contribution in [-0.2, 0) is 9.59 Å². The van der Waals surface area contributed by atoms with Crippen LogP contribution in [0, 0.1) is 24.6 Å². The van der Waals surface area contributed by atoms with Crippen molar-refractivity contribution < 1.29 is 19.1 Å². The summed E-state index contributed by atoms with van der Waals surface area (Å²) >= 11 is 0. The van der Waals surface area contributed by atoms with Gasteiger partial charge in [-0.3, -0.25) is 4.79 Å². The first-order valence-electron chi connectivity index (χ1n) is 6.42. The van der Waals surface area contributed by atoms with Crippen LogP contribution >= 0.6 is 0 Å². The minimum atomic E-state index is -1.25. The summed E-state index contributed by atoms with van der Waals surface area (Å²) in [6.07, 6.45) is 4.06. The number of hydrogen-bond donors (Lipinski definition) is 1. The molecular weight excluding hydrogens is 261 g/mol. The molecule has 0 radical (unpaired) electrons. The van der Waals surface area contributed by atoms with E-state index in [1.807, 2.05) is 0 Å². The van der Waals surface area contributed by atoms with Gasteiger partial charge in [-0.2, -0.15) is 0 Å². The van der Waals surface area contributed by atoms with E-state index < -0.39 is 29.5 Å². The molecule has 0 heterocycles. The normalized spacial score (nSPS) is 21.5. The van der Waals surface area contributed by atoms with Crippen molar-refractivity contribution in [2.24, 2.45) is 11.8 Å². The molecule has 1 aliphatic carbocycles. The number of carboxylic acids is 1. The predicted molar refractivity (Wildman–Crippen MR) is 70.1 cm³/mol. The van der Waals surface area contributed by atoms with E-state index in [2.05, 4.69) is 5.32 Å². The molecule has 1 amide bonds. The molecule has 0 saturated carbocycles. The van der Waals surface area contributed by atoms with E-state index in [1.54, 1.807) is 25.1 Å². The van der Waals surface area contributed by atoms with E-state index in [9.17, 15) is 19.1 Å². The zero-order valence-corrected chi connectivity index (χ0v) is 11.1. The van der Waals surface area contributed by atoms with E-state index in [0.717, 1.165) is 5.56 Å². The highest BCUT2D eigenvalue weighted by molar-refractivity contribution is 5.95. The van der Waals surface area contributed by atoms with E-state index >= 15 is 0 Å². The molecule has 106 valence electrons. The number of carboxylic acid groups (broad SMARTS) is 1. The molecule has 0 spiro atoms. The number of carbonyl (C=O) groups is 2. The Labute approximate surface area is 116 Å². The lowest BCUT2D eigenvalue weighted by Crippen LogP contribution is -2.41. The van der Waals surface area contributed by atoms with Gasteiger partial charge >= 0.3 is 0 Å². The average molecular weight is 276 g/mol. The van der Waals surface area contributed by atoms with Crippen molar-refractivity contribution in [2.45, 2.75) is 19.8 Å². The van der Waals surface area contributed by atoms with Crippen LogP contribution in [0.3, 0.4) is 0 Å². The molecular formula is C15H15FNO3-. The molecule has 2 atom stereocenters. The molecule has 20 heavy (non-hydrogen) atoms. The van der Waals surface area contributed by atoms with Crippen molar-refractivity contribution in [2.75, 3.05) is 5.32 Å². The summed E-state index contributed by atoms with van der Waals surface area (Å²) < 4.78 is 13.6. The van der Waals surface area contributed by atoms with Crippen LogP contribution in [0.5, 0.6) is 0 Å². The number of carbonyl (C=O) groups excluding carboxylic acids is 2. The smallest absolute Gasteiger partial charge is 0.228 e. The Morgan fingerprint density at radius 2 is 1.90 bits per heavy atom. The minimum absolute atomic E-state index is 0.0710. The number of aliphatic carboxylic acids is 1. The van der Waals surface area contributed by atoms with Crippen LogP contribution in [0.2, 0.25) is 0 Å². The summed E-state index contributed by atoms with van der Waals surface area (Å²) in [5.74, 6) is -3.88. The van der Waals surface area contributed by atoms with Gasteiger partial charge in [0.05, 0.1) is 11.6 Å². The highest BCUT2D eigenvalue weighted by atomic mass is 19.1. The molecule has 4 nitrogen and oxygen atoms in total. The Bertz CT molecular complexity index is 568. The number of rotatable bonds is 3. The Balaban J connectivity index is 2.16. The topological polar surface area (TPSA) is 69.2 Å². The van der Waals surface area contributed by atoms with Gasteiger partial charge in [-0.05, 0) is 37.5 Å². The standard InChI is InChI=1S/C15H16FNO3/c1-9-6-7-12(16)13(8-9)17-14(18)10-4-2-3-5-11(10)15(19)20/h2-3,6-8,10-11H,4-5H2,1H3,(H,17,18)(H,19,20)/p-1/t10-,11-/m0/s1. The van der Waals surface area contributed by atoms with Crippen molar-refractivity contribution in [1.29, 1.82) is 0 Å². The van der Waals surface area contributed by atoms with Crippen molar-refractivity contribution in [3.05, 3.63) is 41.7 Å². The molecule has 5 heteroatoms. The molecule has 0 bridgehead atoms. The second-order valence-electron chi connectivity index (χ2n) is 4.95. The van der Waals surface area contributed by atoms with Crippen LogP contribution in [-0.4, -0.2) is 11.9 Å². The third kappa shape index (κ3) is 3.04. The van der Waals surface area contributed by atoms with Crippen molar-refractivity contribution >= 4 is 17.6 Å². The second kappa shape index (κ2) is 5.86. The summed E-state index contributed by atoms with van der Waals surface area (Å²) in [6.45, 7) is 1.78. The minimum Gasteiger partial charge on any atom is -0.550 e. The first-order valence-corrected chi connectivity index (χ1v) is 6.42. The third-order valence-electron chi connectivity index (χ3n) is 3.45. The number of allylic oxidation sites excluding steroid dienone is 2. The molecule has 1 aromatic rings. The van der Waals surface area contributed by atoms with Crippen molar-refractivity contribution in [3.63, 3.8) is 0 Å². The molecule has 0 aliphatic heterocycles. The molecule has 1 aliphatic rings. The SMILES string of the molecule is Cc1ccc(F)c(NC(=O)[C@H]2CC=CC[C@@H]2C(=O)[O-])c1. The molecule has 2 rings (SSSR count). The lowest BCUT2D eigenvalue weighted by Gasteiger charge is -2.28. The quantitative estimate of drug-likeness (QED) is 0.848. The molecule has 0 fully saturated rings. The van der Waals surface area contributed by atoms with Crippen LogP contribution < -0.4 is 10.4 Å². The predicted octanol–water partition coefficient (Wildman–Crippen LogP) is 1.40. The number of aryl methyl sites for hydroxylation is 1. The van der Waals surface area contributed by atoms with Gasteiger partial charge in [-0.15, -0.1) is 0 Å². The average Bonchev–Trinajstić information content (AvgIpc) is 2.42. The van der Waals surface area contributed by atoms with Gasteiger partial charge in [0.1, 0.15) is 5.82 Å². The molecule has 0 unspecified atom stereocenters. The molecule has 1 aromatic carbocycles. The number of benzene rings is 1. The maximum atomic E-state index is 13.6. The van der Waals surface area contributed by atoms with Gasteiger partial charge in [0, 0.05) is 11.9 Å². The Kier molecular flexibility index (Phi) is 4.17. The number of halogens is 1. The van der Waals surface area contributed by atoms with Gasteiger partial charge in [0.15, 0.2) is 0 Å². The number of amides is 1. The highest BCUT2D eigenvalue weighted by Crippen LogP contribution is 2.27. The van der Waals surface area contributed by atoms with Crippen LogP contribution in [0.15, 0.2) is 30.4 Å². The Morgan fingerprint density at radius 1 is 1.25 bits per heavy atom. The fourth-order valence-corrected chi connectivity index (χ4v) is 2.32. The van der Waals surface area contributed by atoms with Crippen LogP contribution in [0.25, 0.3) is 0 Å². The summed E-state index contributed by atoms with van der Waals surface area (Å²) in [6, 6.07) is 4.38. The van der Waals surface area contributed by atoms with E-state index in [-0.39, 0.29) is 12.1 Å². The van der Waals surface area contributed by atoms with Gasteiger partial charge < -0.3 is 15.2 Å². The van der Waals surface area contributed by atoms with Gasteiger partial charge in [-0.25, -0.2) is 4.39 Å². The second-order valence-corrected chi connectivity index (χ2v) is 4.95. The van der Waals surface area contributed by atoms with Gasteiger partial charge in [0.2, 0.25) is 5.91 Å². The Morgan fingerprint density at radius 3 is 2.55 bits per heavy atom. The summed E-state index contributed by atoms with van der Waals surface area (Å²) in [5.41, 5.74) is 0.878. The lowest BCUT2D eigenvalue weighted by atomic mass is 9.82. The first-order chi connectivity index (χ1) is 9.49. The molecule has 0 aromatic heterocycles.